The lowest BCUT2D eigenvalue weighted by molar-refractivity contribution is -0.145. The minimum absolute atomic E-state index is 0.0252. The molecule has 1 unspecified atom stereocenters. The van der Waals surface area contributed by atoms with Gasteiger partial charge in [0.15, 0.2) is 0 Å². The smallest absolute Gasteiger partial charge is 0.305 e. The monoisotopic (exact) mass is 396 g/mol. The molecule has 0 aromatic carbocycles. The first-order chi connectivity index (χ1) is 13.4. The third-order valence-electron chi connectivity index (χ3n) is 5.72. The highest BCUT2D eigenvalue weighted by Gasteiger charge is 2.13. The number of rotatable bonds is 19. The molecule has 0 saturated carbocycles. The summed E-state index contributed by atoms with van der Waals surface area (Å²) in [5.74, 6) is 0.602. The molecule has 0 heterocycles. The molecule has 0 radical (unpaired) electrons. The van der Waals surface area contributed by atoms with Crippen molar-refractivity contribution in [1.82, 2.24) is 0 Å². The zero-order chi connectivity index (χ0) is 21.1. The molecule has 0 N–H and O–H groups in total. The Labute approximate surface area is 177 Å². The highest BCUT2D eigenvalue weighted by Crippen LogP contribution is 2.23. The van der Waals surface area contributed by atoms with E-state index in [0.717, 1.165) is 12.8 Å². The minimum atomic E-state index is 0.0252. The topological polar surface area (TPSA) is 26.3 Å². The highest BCUT2D eigenvalue weighted by atomic mass is 16.5. The van der Waals surface area contributed by atoms with Gasteiger partial charge in [-0.05, 0) is 37.0 Å². The zero-order valence-corrected chi connectivity index (χ0v) is 20.1. The molecule has 168 valence electrons. The summed E-state index contributed by atoms with van der Waals surface area (Å²) in [5, 5.41) is 0. The van der Waals surface area contributed by atoms with E-state index >= 15 is 0 Å². The predicted octanol–water partition coefficient (Wildman–Crippen LogP) is 8.86. The van der Waals surface area contributed by atoms with Crippen molar-refractivity contribution in [2.75, 3.05) is 6.61 Å². The van der Waals surface area contributed by atoms with Gasteiger partial charge >= 0.3 is 5.97 Å². The molecule has 0 aromatic heterocycles. The van der Waals surface area contributed by atoms with Gasteiger partial charge in [-0.1, -0.05) is 112 Å². The van der Waals surface area contributed by atoms with Crippen LogP contribution in [0.15, 0.2) is 0 Å². The first-order valence-electron chi connectivity index (χ1n) is 12.5. The fourth-order valence-electron chi connectivity index (χ4n) is 3.77. The maximum absolute atomic E-state index is 12.1. The predicted molar refractivity (Wildman–Crippen MR) is 124 cm³/mol. The third-order valence-corrected chi connectivity index (χ3v) is 5.72. The number of esters is 1. The van der Waals surface area contributed by atoms with E-state index in [2.05, 4.69) is 34.6 Å². The average Bonchev–Trinajstić information content (AvgIpc) is 2.64. The molecule has 0 bridgehead atoms. The molecule has 0 amide bonds. The first-order valence-corrected chi connectivity index (χ1v) is 12.5. The van der Waals surface area contributed by atoms with Gasteiger partial charge in [-0.25, -0.2) is 0 Å². The van der Waals surface area contributed by atoms with E-state index in [1.165, 1.54) is 89.9 Å². The van der Waals surface area contributed by atoms with Crippen LogP contribution in [0.1, 0.15) is 144 Å². The van der Waals surface area contributed by atoms with E-state index in [4.69, 9.17) is 4.74 Å². The summed E-state index contributed by atoms with van der Waals surface area (Å²) in [6.07, 6.45) is 20.9. The summed E-state index contributed by atoms with van der Waals surface area (Å²) < 4.78 is 5.67. The van der Waals surface area contributed by atoms with Crippen LogP contribution >= 0.6 is 0 Å². The lowest BCUT2D eigenvalue weighted by atomic mass is 9.89. The van der Waals surface area contributed by atoms with E-state index in [0.29, 0.717) is 24.4 Å². The van der Waals surface area contributed by atoms with Gasteiger partial charge in [-0.2, -0.15) is 0 Å². The standard InChI is InChI=1S/C26H52O2/c1-6-8-10-12-13-16-20-24(19-15-11-9-7-2)23-28-25(27)21-17-14-18-22-26(3,4)5/h24H,6-23H2,1-5H3. The number of hydrogen-bond acceptors (Lipinski definition) is 2. The summed E-state index contributed by atoms with van der Waals surface area (Å²) in [6, 6.07) is 0. The number of carbonyl (C=O) groups is 1. The second kappa shape index (κ2) is 18.5. The summed E-state index contributed by atoms with van der Waals surface area (Å²) in [5.41, 5.74) is 0.405. The van der Waals surface area contributed by atoms with Crippen molar-refractivity contribution in [2.45, 2.75) is 144 Å². The molecule has 0 rings (SSSR count). The minimum Gasteiger partial charge on any atom is -0.465 e. The van der Waals surface area contributed by atoms with Crippen molar-refractivity contribution in [3.63, 3.8) is 0 Å². The van der Waals surface area contributed by atoms with E-state index < -0.39 is 0 Å². The summed E-state index contributed by atoms with van der Waals surface area (Å²) in [7, 11) is 0. The van der Waals surface area contributed by atoms with Crippen LogP contribution in [0.2, 0.25) is 0 Å². The fourth-order valence-corrected chi connectivity index (χ4v) is 3.77. The molecule has 2 nitrogen and oxygen atoms in total. The molecule has 1 atom stereocenters. The molecular formula is C26H52O2. The number of carbonyl (C=O) groups excluding carboxylic acids is 1. The van der Waals surface area contributed by atoms with E-state index in [9.17, 15) is 4.79 Å². The van der Waals surface area contributed by atoms with Gasteiger partial charge in [-0.3, -0.25) is 4.79 Å². The third kappa shape index (κ3) is 20.2. The van der Waals surface area contributed by atoms with Crippen molar-refractivity contribution in [3.8, 4) is 0 Å². The van der Waals surface area contributed by atoms with E-state index in [1.54, 1.807) is 0 Å². The Hall–Kier alpha value is -0.530. The summed E-state index contributed by atoms with van der Waals surface area (Å²) in [6.45, 7) is 12.0. The van der Waals surface area contributed by atoms with Crippen LogP contribution in [0.25, 0.3) is 0 Å². The lowest BCUT2D eigenvalue weighted by Crippen LogP contribution is -2.14. The fraction of sp³-hybridized carbons (Fsp3) is 0.962. The SMILES string of the molecule is CCCCCCCCC(CCCCCC)COC(=O)CCCCCC(C)(C)C. The molecule has 0 spiro atoms. The number of hydrogen-bond donors (Lipinski definition) is 0. The van der Waals surface area contributed by atoms with E-state index in [1.807, 2.05) is 0 Å². The van der Waals surface area contributed by atoms with Gasteiger partial charge in [-0.15, -0.1) is 0 Å². The van der Waals surface area contributed by atoms with Crippen LogP contribution in [-0.2, 0) is 9.53 Å². The Morgan fingerprint density at radius 2 is 1.21 bits per heavy atom. The van der Waals surface area contributed by atoms with Crippen LogP contribution in [-0.4, -0.2) is 12.6 Å². The Morgan fingerprint density at radius 3 is 1.79 bits per heavy atom. The molecule has 0 saturated heterocycles. The molecule has 2 heteroatoms. The van der Waals surface area contributed by atoms with Gasteiger partial charge < -0.3 is 4.74 Å². The Balaban J connectivity index is 3.96. The van der Waals surface area contributed by atoms with Gasteiger partial charge in [0.1, 0.15) is 0 Å². The first kappa shape index (κ1) is 27.5. The molecule has 0 fully saturated rings. The van der Waals surface area contributed by atoms with Gasteiger partial charge in [0, 0.05) is 6.42 Å². The second-order valence-electron chi connectivity index (χ2n) is 10.1. The van der Waals surface area contributed by atoms with Crippen LogP contribution in [0.5, 0.6) is 0 Å². The van der Waals surface area contributed by atoms with Crippen molar-refractivity contribution >= 4 is 5.97 Å². The van der Waals surface area contributed by atoms with Crippen LogP contribution in [0.4, 0.5) is 0 Å². The molecule has 28 heavy (non-hydrogen) atoms. The number of unbranched alkanes of at least 4 members (excludes halogenated alkanes) is 10. The van der Waals surface area contributed by atoms with Crippen molar-refractivity contribution in [2.24, 2.45) is 11.3 Å². The normalized spacial score (nSPS) is 12.9. The van der Waals surface area contributed by atoms with Crippen LogP contribution in [0.3, 0.4) is 0 Å². The molecule has 0 aromatic rings. The maximum Gasteiger partial charge on any atom is 0.305 e. The lowest BCUT2D eigenvalue weighted by Gasteiger charge is -2.18. The molecule has 0 aliphatic carbocycles. The Kier molecular flexibility index (Phi) is 18.1. The van der Waals surface area contributed by atoms with Crippen molar-refractivity contribution in [1.29, 1.82) is 0 Å². The summed E-state index contributed by atoms with van der Waals surface area (Å²) in [4.78, 5) is 12.1. The highest BCUT2D eigenvalue weighted by molar-refractivity contribution is 5.69. The number of ether oxygens (including phenoxy) is 1. The average molecular weight is 397 g/mol. The van der Waals surface area contributed by atoms with Gasteiger partial charge in [0.25, 0.3) is 0 Å². The second-order valence-corrected chi connectivity index (χ2v) is 10.1. The Bertz CT molecular complexity index is 343. The van der Waals surface area contributed by atoms with Crippen LogP contribution in [0, 0.1) is 11.3 Å². The molecular weight excluding hydrogens is 344 g/mol. The largest absolute Gasteiger partial charge is 0.465 e. The van der Waals surface area contributed by atoms with Crippen molar-refractivity contribution < 1.29 is 9.53 Å². The van der Waals surface area contributed by atoms with E-state index in [-0.39, 0.29) is 5.97 Å². The quantitative estimate of drug-likeness (QED) is 0.161. The zero-order valence-electron chi connectivity index (χ0n) is 20.1. The van der Waals surface area contributed by atoms with Gasteiger partial charge in [0.2, 0.25) is 0 Å². The molecule has 0 aliphatic rings. The maximum atomic E-state index is 12.1. The van der Waals surface area contributed by atoms with Gasteiger partial charge in [0.05, 0.1) is 6.61 Å². The van der Waals surface area contributed by atoms with Crippen LogP contribution < -0.4 is 0 Å². The summed E-state index contributed by atoms with van der Waals surface area (Å²) >= 11 is 0. The molecule has 0 aliphatic heterocycles. The van der Waals surface area contributed by atoms with Crippen molar-refractivity contribution in [3.05, 3.63) is 0 Å². The Morgan fingerprint density at radius 1 is 0.714 bits per heavy atom.